The highest BCUT2D eigenvalue weighted by Gasteiger charge is 2.31. The number of carbonyl (C=O) groups excluding carboxylic acids is 2. The Morgan fingerprint density at radius 3 is 0.962 bits per heavy atom. The molecule has 0 saturated heterocycles. The van der Waals surface area contributed by atoms with Crippen molar-refractivity contribution in [2.75, 3.05) is 0 Å². The smallest absolute Gasteiger partial charge is 0.169 e. The van der Waals surface area contributed by atoms with Crippen LogP contribution in [-0.4, -0.2) is 11.6 Å². The van der Waals surface area contributed by atoms with Gasteiger partial charge < -0.3 is 0 Å². The molecule has 0 unspecified atom stereocenters. The van der Waals surface area contributed by atoms with Crippen molar-refractivity contribution in [3.05, 3.63) is 59.7 Å². The van der Waals surface area contributed by atoms with Crippen molar-refractivity contribution in [2.45, 2.75) is 41.5 Å². The average molecular weight is 346 g/mol. The molecule has 0 saturated carbocycles. The zero-order valence-electron chi connectivity index (χ0n) is 16.4. The lowest BCUT2D eigenvalue weighted by Gasteiger charge is -2.24. The van der Waals surface area contributed by atoms with Gasteiger partial charge in [0.1, 0.15) is 0 Å². The quantitative estimate of drug-likeness (QED) is 0.394. The predicted molar refractivity (Wildman–Crippen MR) is 109 cm³/mol. The standard InChI is InChI=1S/C24H26O2/c1-23(2,3)21(25)19-15-11-7-9-13-17(15)20(22(26)24(4,5)6)18-14-10-8-12-16(18)19/h7-14H,1-6H3. The van der Waals surface area contributed by atoms with Crippen molar-refractivity contribution in [1.29, 1.82) is 0 Å². The zero-order valence-corrected chi connectivity index (χ0v) is 16.4. The highest BCUT2D eigenvalue weighted by atomic mass is 16.1. The number of Topliss-reactive ketones (excluding diaryl/α,β-unsaturated/α-hetero) is 2. The van der Waals surface area contributed by atoms with Crippen molar-refractivity contribution < 1.29 is 9.59 Å². The number of benzene rings is 3. The summed E-state index contributed by atoms with van der Waals surface area (Å²) in [4.78, 5) is 26.6. The van der Waals surface area contributed by atoms with Crippen molar-refractivity contribution >= 4 is 33.1 Å². The molecule has 0 atom stereocenters. The Kier molecular flexibility index (Phi) is 4.26. The van der Waals surface area contributed by atoms with E-state index in [1.54, 1.807) is 0 Å². The third-order valence-electron chi connectivity index (χ3n) is 4.75. The third kappa shape index (κ3) is 2.94. The summed E-state index contributed by atoms with van der Waals surface area (Å²) in [5.41, 5.74) is 0.436. The van der Waals surface area contributed by atoms with Crippen LogP contribution in [0, 0.1) is 10.8 Å². The third-order valence-corrected chi connectivity index (χ3v) is 4.75. The van der Waals surface area contributed by atoms with E-state index < -0.39 is 10.8 Å². The van der Waals surface area contributed by atoms with Gasteiger partial charge in [-0.3, -0.25) is 9.59 Å². The maximum absolute atomic E-state index is 13.3. The van der Waals surface area contributed by atoms with Gasteiger partial charge >= 0.3 is 0 Å². The summed E-state index contributed by atoms with van der Waals surface area (Å²) in [7, 11) is 0. The van der Waals surface area contributed by atoms with E-state index in [4.69, 9.17) is 0 Å². The Hall–Kier alpha value is -2.48. The highest BCUT2D eigenvalue weighted by Crippen LogP contribution is 2.38. The van der Waals surface area contributed by atoms with E-state index in [1.165, 1.54) is 0 Å². The molecule has 0 aliphatic carbocycles. The first kappa shape index (κ1) is 18.3. The molecule has 0 amide bonds. The van der Waals surface area contributed by atoms with E-state index in [9.17, 15) is 9.59 Å². The highest BCUT2D eigenvalue weighted by molar-refractivity contribution is 6.28. The molecule has 0 fully saturated rings. The van der Waals surface area contributed by atoms with E-state index in [0.717, 1.165) is 21.5 Å². The first-order valence-electron chi connectivity index (χ1n) is 9.06. The van der Waals surface area contributed by atoms with Gasteiger partial charge in [0, 0.05) is 22.0 Å². The number of hydrogen-bond donors (Lipinski definition) is 0. The largest absolute Gasteiger partial charge is 0.294 e. The van der Waals surface area contributed by atoms with E-state index in [2.05, 4.69) is 0 Å². The normalized spacial score (nSPS) is 12.5. The Labute approximate surface area is 155 Å². The molecule has 2 nitrogen and oxygen atoms in total. The minimum atomic E-state index is -0.499. The van der Waals surface area contributed by atoms with Gasteiger partial charge in [-0.15, -0.1) is 0 Å². The van der Waals surface area contributed by atoms with Crippen LogP contribution < -0.4 is 0 Å². The molecule has 0 aliphatic heterocycles. The van der Waals surface area contributed by atoms with E-state index in [-0.39, 0.29) is 11.6 Å². The van der Waals surface area contributed by atoms with Crippen LogP contribution in [0.4, 0.5) is 0 Å². The van der Waals surface area contributed by atoms with Crippen molar-refractivity contribution in [3.8, 4) is 0 Å². The summed E-state index contributed by atoms with van der Waals surface area (Å²) in [5.74, 6) is 0.194. The number of ketones is 2. The van der Waals surface area contributed by atoms with Gasteiger partial charge in [-0.25, -0.2) is 0 Å². The van der Waals surface area contributed by atoms with E-state index >= 15 is 0 Å². The first-order valence-corrected chi connectivity index (χ1v) is 9.06. The van der Waals surface area contributed by atoms with Crippen LogP contribution in [0.25, 0.3) is 21.5 Å². The number of fused-ring (bicyclic) bond motifs is 2. The molecule has 3 aromatic rings. The van der Waals surface area contributed by atoms with Gasteiger partial charge in [0.15, 0.2) is 11.6 Å². The molecule has 26 heavy (non-hydrogen) atoms. The SMILES string of the molecule is CC(C)(C)C(=O)c1c2ccccc2c(C(=O)C(C)(C)C)c2ccccc12. The summed E-state index contributed by atoms with van der Waals surface area (Å²) in [6, 6.07) is 15.6. The summed E-state index contributed by atoms with van der Waals surface area (Å²) in [6.45, 7) is 11.6. The van der Waals surface area contributed by atoms with Crippen LogP contribution >= 0.6 is 0 Å². The minimum Gasteiger partial charge on any atom is -0.294 e. The maximum Gasteiger partial charge on any atom is 0.169 e. The monoisotopic (exact) mass is 346 g/mol. The summed E-state index contributed by atoms with van der Waals surface area (Å²) < 4.78 is 0. The molecular weight excluding hydrogens is 320 g/mol. The maximum atomic E-state index is 13.3. The fourth-order valence-corrected chi connectivity index (χ4v) is 3.37. The van der Waals surface area contributed by atoms with Crippen LogP contribution in [0.15, 0.2) is 48.5 Å². The van der Waals surface area contributed by atoms with Gasteiger partial charge in [0.25, 0.3) is 0 Å². The molecule has 0 spiro atoms. The molecule has 0 radical (unpaired) electrons. The van der Waals surface area contributed by atoms with Crippen LogP contribution in [0.1, 0.15) is 62.3 Å². The van der Waals surface area contributed by atoms with Gasteiger partial charge in [-0.05, 0) is 21.5 Å². The second-order valence-electron chi connectivity index (χ2n) is 9.00. The van der Waals surface area contributed by atoms with Crippen LogP contribution in [0.3, 0.4) is 0 Å². The number of hydrogen-bond acceptors (Lipinski definition) is 2. The Morgan fingerprint density at radius 1 is 0.538 bits per heavy atom. The second kappa shape index (κ2) is 6.05. The Morgan fingerprint density at radius 2 is 0.769 bits per heavy atom. The molecule has 3 aromatic carbocycles. The first-order chi connectivity index (χ1) is 12.0. The van der Waals surface area contributed by atoms with Gasteiger partial charge in [0.05, 0.1) is 0 Å². The molecular formula is C24H26O2. The second-order valence-corrected chi connectivity index (χ2v) is 9.00. The van der Waals surface area contributed by atoms with Gasteiger partial charge in [-0.2, -0.15) is 0 Å². The van der Waals surface area contributed by atoms with Gasteiger partial charge in [0.2, 0.25) is 0 Å². The molecule has 134 valence electrons. The van der Waals surface area contributed by atoms with Crippen molar-refractivity contribution in [2.24, 2.45) is 10.8 Å². The fraction of sp³-hybridized carbons (Fsp3) is 0.333. The lowest BCUT2D eigenvalue weighted by Crippen LogP contribution is -2.23. The Balaban J connectivity index is 2.56. The molecule has 0 aliphatic rings. The lowest BCUT2D eigenvalue weighted by molar-refractivity contribution is 0.0853. The van der Waals surface area contributed by atoms with Crippen molar-refractivity contribution in [3.63, 3.8) is 0 Å². The molecule has 0 heterocycles. The van der Waals surface area contributed by atoms with Crippen molar-refractivity contribution in [1.82, 2.24) is 0 Å². The van der Waals surface area contributed by atoms with Crippen LogP contribution in [-0.2, 0) is 0 Å². The van der Waals surface area contributed by atoms with Crippen LogP contribution in [0.5, 0.6) is 0 Å². The molecule has 0 bridgehead atoms. The Bertz CT molecular complexity index is 887. The minimum absolute atomic E-state index is 0.0969. The zero-order chi connectivity index (χ0) is 19.3. The summed E-state index contributed by atoms with van der Waals surface area (Å²) in [6.07, 6.45) is 0. The van der Waals surface area contributed by atoms with Gasteiger partial charge in [-0.1, -0.05) is 90.1 Å². The van der Waals surface area contributed by atoms with E-state index in [1.807, 2.05) is 90.1 Å². The fourth-order valence-electron chi connectivity index (χ4n) is 3.37. The lowest BCUT2D eigenvalue weighted by atomic mass is 9.78. The van der Waals surface area contributed by atoms with Crippen LogP contribution in [0.2, 0.25) is 0 Å². The summed E-state index contributed by atoms with van der Waals surface area (Å²) in [5, 5.41) is 3.44. The average Bonchev–Trinajstić information content (AvgIpc) is 2.56. The number of carbonyl (C=O) groups is 2. The molecule has 0 aromatic heterocycles. The molecule has 0 N–H and O–H groups in total. The molecule has 3 rings (SSSR count). The number of rotatable bonds is 2. The summed E-state index contributed by atoms with van der Waals surface area (Å²) >= 11 is 0. The molecule has 2 heteroatoms. The topological polar surface area (TPSA) is 34.1 Å². The van der Waals surface area contributed by atoms with E-state index in [0.29, 0.717) is 11.1 Å². The predicted octanol–water partition coefficient (Wildman–Crippen LogP) is 6.45.